The molecule has 4 saturated heterocycles. The van der Waals surface area contributed by atoms with Gasteiger partial charge in [0, 0.05) is 80.0 Å². The van der Waals surface area contributed by atoms with Gasteiger partial charge >= 0.3 is 0 Å². The first kappa shape index (κ1) is 40.9. The fourth-order valence-corrected chi connectivity index (χ4v) is 12.0. The number of nitriles is 1. The van der Waals surface area contributed by atoms with Crippen molar-refractivity contribution in [2.75, 3.05) is 42.5 Å². The average molecular weight is 847 g/mol. The van der Waals surface area contributed by atoms with E-state index in [0.29, 0.717) is 34.9 Å². The maximum atomic E-state index is 14.5. The fraction of sp³-hybridized carbons (Fsp3) is 0.500. The molecule has 5 aliphatic heterocycles. The van der Waals surface area contributed by atoms with Gasteiger partial charge in [0.05, 0.1) is 33.3 Å². The number of nitrogens with two attached hydrogens (primary N) is 1. The SMILES string of the molecule is CC1(C)C(Oc2ccc(C#N)c(Cl)c2)C(C)(C)C1N1C(=O)CC[C@@H](N2C(=O)c3ccc(N4C[C@H]5CC[C@H](C4)N5CC4CCN(c5ccc(C(N)=O)cn5)CC4)cc3C2=O)C1=O. The number of piperazine rings is 1. The molecule has 3 aromatic rings. The average Bonchev–Trinajstić information content (AvgIpc) is 3.61. The van der Waals surface area contributed by atoms with Gasteiger partial charge in [0.1, 0.15) is 29.8 Å². The predicted octanol–water partition coefficient (Wildman–Crippen LogP) is 5.27. The van der Waals surface area contributed by atoms with Gasteiger partial charge in [-0.05, 0) is 80.5 Å². The first-order valence-electron chi connectivity index (χ1n) is 21.3. The van der Waals surface area contributed by atoms with Crippen molar-refractivity contribution >= 4 is 52.6 Å². The molecular formula is C46H51ClN8O6. The van der Waals surface area contributed by atoms with E-state index in [1.54, 1.807) is 36.5 Å². The zero-order chi connectivity index (χ0) is 43.1. The van der Waals surface area contributed by atoms with Crippen LogP contribution in [-0.2, 0) is 9.59 Å². The van der Waals surface area contributed by atoms with E-state index >= 15 is 0 Å². The highest BCUT2D eigenvalue weighted by molar-refractivity contribution is 6.31. The van der Waals surface area contributed by atoms with Gasteiger partial charge < -0.3 is 20.3 Å². The second-order valence-corrected chi connectivity index (χ2v) is 19.3. The van der Waals surface area contributed by atoms with Gasteiger partial charge in [-0.25, -0.2) is 4.98 Å². The molecule has 15 heteroatoms. The molecule has 5 amide bonds. The van der Waals surface area contributed by atoms with Crippen molar-refractivity contribution in [3.8, 4) is 11.8 Å². The summed E-state index contributed by atoms with van der Waals surface area (Å²) < 4.78 is 6.42. The molecule has 5 fully saturated rings. The monoisotopic (exact) mass is 846 g/mol. The zero-order valence-electron chi connectivity index (χ0n) is 35.0. The number of aromatic nitrogens is 1. The summed E-state index contributed by atoms with van der Waals surface area (Å²) >= 11 is 6.29. The number of piperidine rings is 2. The number of fused-ring (bicyclic) bond motifs is 3. The van der Waals surface area contributed by atoms with Gasteiger partial charge in [-0.15, -0.1) is 0 Å². The van der Waals surface area contributed by atoms with Crippen LogP contribution < -0.4 is 20.3 Å². The van der Waals surface area contributed by atoms with Crippen molar-refractivity contribution < 1.29 is 28.7 Å². The quantitative estimate of drug-likeness (QED) is 0.278. The second kappa shape index (κ2) is 15.1. The highest BCUT2D eigenvalue weighted by Crippen LogP contribution is 2.58. The summed E-state index contributed by atoms with van der Waals surface area (Å²) in [6, 6.07) is 15.0. The second-order valence-electron chi connectivity index (χ2n) is 18.8. The topological polar surface area (TPSA) is 173 Å². The molecule has 1 aliphatic carbocycles. The molecule has 2 bridgehead atoms. The van der Waals surface area contributed by atoms with E-state index in [4.69, 9.17) is 22.1 Å². The van der Waals surface area contributed by atoms with Crippen LogP contribution in [0.5, 0.6) is 5.75 Å². The number of nitrogens with zero attached hydrogens (tertiary/aromatic N) is 7. The normalized spacial score (nSPS) is 27.2. The number of primary amides is 1. The van der Waals surface area contributed by atoms with Crippen LogP contribution in [0, 0.1) is 28.1 Å². The molecule has 0 spiro atoms. The van der Waals surface area contributed by atoms with E-state index in [0.717, 1.165) is 74.8 Å². The zero-order valence-corrected chi connectivity index (χ0v) is 35.7. The lowest BCUT2D eigenvalue weighted by molar-refractivity contribution is -0.216. The lowest BCUT2D eigenvalue weighted by Crippen LogP contribution is -2.77. The van der Waals surface area contributed by atoms with Crippen molar-refractivity contribution in [3.05, 3.63) is 82.0 Å². The minimum absolute atomic E-state index is 0.0179. The van der Waals surface area contributed by atoms with E-state index in [1.165, 1.54) is 4.90 Å². The summed E-state index contributed by atoms with van der Waals surface area (Å²) in [6.45, 7) is 12.3. The largest absolute Gasteiger partial charge is 0.489 e. The highest BCUT2D eigenvalue weighted by Gasteiger charge is 2.68. The van der Waals surface area contributed by atoms with Gasteiger partial charge in [-0.1, -0.05) is 39.3 Å². The third kappa shape index (κ3) is 6.81. The molecule has 61 heavy (non-hydrogen) atoms. The smallest absolute Gasteiger partial charge is 0.262 e. The number of ether oxygens (including phenoxy) is 1. The molecular weight excluding hydrogens is 796 g/mol. The van der Waals surface area contributed by atoms with Crippen LogP contribution in [0.2, 0.25) is 5.02 Å². The van der Waals surface area contributed by atoms with E-state index < -0.39 is 52.6 Å². The van der Waals surface area contributed by atoms with E-state index in [-0.39, 0.29) is 34.9 Å². The molecule has 318 valence electrons. The van der Waals surface area contributed by atoms with Crippen LogP contribution in [0.1, 0.15) is 103 Å². The molecule has 6 heterocycles. The third-order valence-electron chi connectivity index (χ3n) is 14.4. The first-order valence-corrected chi connectivity index (χ1v) is 21.7. The molecule has 1 aromatic heterocycles. The number of likely N-dealkylation sites (tertiary alicyclic amines) is 1. The lowest BCUT2D eigenvalue weighted by atomic mass is 9.48. The van der Waals surface area contributed by atoms with Gasteiger partial charge in [-0.3, -0.25) is 38.7 Å². The number of rotatable bonds is 9. The molecule has 0 unspecified atom stereocenters. The Morgan fingerprint density at radius 3 is 2.18 bits per heavy atom. The van der Waals surface area contributed by atoms with Crippen LogP contribution in [0.15, 0.2) is 54.7 Å². The number of anilines is 2. The van der Waals surface area contributed by atoms with Crippen LogP contribution in [0.4, 0.5) is 11.5 Å². The Morgan fingerprint density at radius 2 is 1.56 bits per heavy atom. The van der Waals surface area contributed by atoms with Crippen LogP contribution in [0.25, 0.3) is 0 Å². The minimum atomic E-state index is -1.11. The van der Waals surface area contributed by atoms with E-state index in [1.807, 2.05) is 52.0 Å². The van der Waals surface area contributed by atoms with Gasteiger partial charge in [0.25, 0.3) is 17.7 Å². The Kier molecular flexibility index (Phi) is 10.1. The molecule has 9 rings (SSSR count). The fourth-order valence-electron chi connectivity index (χ4n) is 11.8. The number of imide groups is 2. The number of carbonyl (C=O) groups excluding carboxylic acids is 5. The Bertz CT molecular complexity index is 2340. The Balaban J connectivity index is 0.847. The Hall–Kier alpha value is -5.52. The van der Waals surface area contributed by atoms with Crippen molar-refractivity contribution in [3.63, 3.8) is 0 Å². The Morgan fingerprint density at radius 1 is 0.869 bits per heavy atom. The maximum absolute atomic E-state index is 14.5. The number of pyridine rings is 1. The Labute approximate surface area is 360 Å². The van der Waals surface area contributed by atoms with E-state index in [9.17, 15) is 29.2 Å². The predicted molar refractivity (Wildman–Crippen MR) is 227 cm³/mol. The first-order chi connectivity index (χ1) is 29.1. The molecule has 0 radical (unpaired) electrons. The summed E-state index contributed by atoms with van der Waals surface area (Å²) in [6.07, 6.45) is 5.54. The van der Waals surface area contributed by atoms with Crippen molar-refractivity contribution in [1.29, 1.82) is 5.26 Å². The number of hydrogen-bond acceptors (Lipinski definition) is 11. The highest BCUT2D eigenvalue weighted by atomic mass is 35.5. The molecule has 2 N–H and O–H groups in total. The number of carbonyl (C=O) groups is 5. The van der Waals surface area contributed by atoms with Gasteiger partial charge in [-0.2, -0.15) is 5.26 Å². The van der Waals surface area contributed by atoms with Crippen molar-refractivity contribution in [2.45, 2.75) is 96.5 Å². The van der Waals surface area contributed by atoms with Gasteiger partial charge in [0.15, 0.2) is 0 Å². The van der Waals surface area contributed by atoms with Crippen molar-refractivity contribution in [1.82, 2.24) is 19.7 Å². The van der Waals surface area contributed by atoms with Crippen molar-refractivity contribution in [2.24, 2.45) is 22.5 Å². The maximum Gasteiger partial charge on any atom is 0.262 e. The summed E-state index contributed by atoms with van der Waals surface area (Å²) in [4.78, 5) is 81.9. The summed E-state index contributed by atoms with van der Waals surface area (Å²) in [5, 5.41) is 9.57. The van der Waals surface area contributed by atoms with E-state index in [2.05, 4.69) is 19.7 Å². The number of hydrogen-bond donors (Lipinski definition) is 1. The molecule has 2 aromatic carbocycles. The number of halogens is 1. The summed E-state index contributed by atoms with van der Waals surface area (Å²) in [7, 11) is 0. The summed E-state index contributed by atoms with van der Waals surface area (Å²) in [5.74, 6) is -0.473. The molecule has 6 aliphatic rings. The van der Waals surface area contributed by atoms with Gasteiger partial charge in [0.2, 0.25) is 11.8 Å². The number of amides is 5. The standard InChI is InChI=1S/C46H51ClN8O6/c1-45(2)43(46(3,4)44(45)61-32-10-5-27(21-48)35(47)20-32)55-38(56)14-12-36(42(55)60)54-40(58)33-11-9-29(19-34(33)41(54)59)52-24-30-7-8-31(25-52)53(30)23-26-15-17-51(18-16-26)37-13-6-28(22-50-37)39(49)57/h5-6,9-11,13,19-20,22,26,30-31,36,43-44H,7-8,12,14-18,23-25H2,1-4H3,(H2,49,57)/t30-,31-,36-,43?,44?/m1/s1. The molecule has 3 atom stereocenters. The lowest BCUT2D eigenvalue weighted by Gasteiger charge is -2.65. The van der Waals surface area contributed by atoms with Crippen LogP contribution in [0.3, 0.4) is 0 Å². The third-order valence-corrected chi connectivity index (χ3v) is 14.7. The summed E-state index contributed by atoms with van der Waals surface area (Å²) in [5.41, 5.74) is 6.18. The molecule has 1 saturated carbocycles. The van der Waals surface area contributed by atoms with Crippen LogP contribution in [-0.4, -0.2) is 112 Å². The minimum Gasteiger partial charge on any atom is -0.489 e. The molecule has 14 nitrogen and oxygen atoms in total. The number of benzene rings is 2. The van der Waals surface area contributed by atoms with Crippen LogP contribution >= 0.6 is 11.6 Å².